The van der Waals surface area contributed by atoms with Crippen LogP contribution in [-0.4, -0.2) is 6.29 Å². The van der Waals surface area contributed by atoms with Crippen LogP contribution in [0.15, 0.2) is 35.7 Å². The molecule has 1 nitrogen and oxygen atoms in total. The fourth-order valence-electron chi connectivity index (χ4n) is 1.18. The highest BCUT2D eigenvalue weighted by Crippen LogP contribution is 2.26. The second kappa shape index (κ2) is 3.72. The van der Waals surface area contributed by atoms with Crippen LogP contribution in [0.5, 0.6) is 0 Å². The predicted molar refractivity (Wildman–Crippen MR) is 55.1 cm³/mol. The van der Waals surface area contributed by atoms with Crippen molar-refractivity contribution in [3.63, 3.8) is 0 Å². The smallest absolute Gasteiger partial charge is 0.150 e. The summed E-state index contributed by atoms with van der Waals surface area (Å²) in [6, 6.07) is 8.03. The Morgan fingerprint density at radius 3 is 2.50 bits per heavy atom. The minimum absolute atomic E-state index is 0.249. The first-order valence-electron chi connectivity index (χ1n) is 4.09. The van der Waals surface area contributed by atoms with Crippen LogP contribution in [0, 0.1) is 5.82 Å². The third-order valence-corrected chi connectivity index (χ3v) is 2.88. The van der Waals surface area contributed by atoms with Crippen LogP contribution in [0.4, 0.5) is 4.39 Å². The van der Waals surface area contributed by atoms with Gasteiger partial charge in [-0.15, -0.1) is 11.3 Å². The molecule has 0 saturated heterocycles. The first-order chi connectivity index (χ1) is 6.79. The Bertz CT molecular complexity index is 445. The Labute approximate surface area is 84.8 Å². The van der Waals surface area contributed by atoms with Gasteiger partial charge in [0.15, 0.2) is 6.29 Å². The topological polar surface area (TPSA) is 17.1 Å². The average Bonchev–Trinajstić information content (AvgIpc) is 2.67. The van der Waals surface area contributed by atoms with E-state index in [-0.39, 0.29) is 5.82 Å². The number of halogens is 1. The largest absolute Gasteiger partial charge is 0.298 e. The maximum absolute atomic E-state index is 12.6. The van der Waals surface area contributed by atoms with Crippen molar-refractivity contribution in [3.05, 3.63) is 47.1 Å². The fraction of sp³-hybridized carbons (Fsp3) is 0. The molecule has 0 spiro atoms. The summed E-state index contributed by atoms with van der Waals surface area (Å²) in [5.74, 6) is -0.249. The van der Waals surface area contributed by atoms with E-state index in [0.29, 0.717) is 5.56 Å². The zero-order chi connectivity index (χ0) is 9.97. The van der Waals surface area contributed by atoms with Crippen molar-refractivity contribution in [2.24, 2.45) is 0 Å². The SMILES string of the molecule is O=Cc1csc(-c2ccc(F)cc2)c1. The first-order valence-corrected chi connectivity index (χ1v) is 4.97. The molecule has 0 bridgehead atoms. The average molecular weight is 206 g/mol. The summed E-state index contributed by atoms with van der Waals surface area (Å²) in [6.45, 7) is 0. The van der Waals surface area contributed by atoms with Gasteiger partial charge < -0.3 is 0 Å². The van der Waals surface area contributed by atoms with Crippen LogP contribution in [0.1, 0.15) is 10.4 Å². The van der Waals surface area contributed by atoms with E-state index in [1.165, 1.54) is 23.5 Å². The normalized spacial score (nSPS) is 10.1. The molecule has 14 heavy (non-hydrogen) atoms. The third kappa shape index (κ3) is 1.72. The van der Waals surface area contributed by atoms with Crippen molar-refractivity contribution in [2.45, 2.75) is 0 Å². The lowest BCUT2D eigenvalue weighted by molar-refractivity contribution is 0.112. The van der Waals surface area contributed by atoms with E-state index in [4.69, 9.17) is 0 Å². The van der Waals surface area contributed by atoms with Crippen LogP contribution in [0.2, 0.25) is 0 Å². The Hall–Kier alpha value is -1.48. The molecule has 0 saturated carbocycles. The van der Waals surface area contributed by atoms with Crippen molar-refractivity contribution >= 4 is 17.6 Å². The molecule has 0 N–H and O–H groups in total. The van der Waals surface area contributed by atoms with Crippen LogP contribution in [-0.2, 0) is 0 Å². The zero-order valence-corrected chi connectivity index (χ0v) is 8.05. The maximum atomic E-state index is 12.6. The van der Waals surface area contributed by atoms with Gasteiger partial charge in [0.05, 0.1) is 0 Å². The zero-order valence-electron chi connectivity index (χ0n) is 7.24. The molecule has 3 heteroatoms. The number of rotatable bonds is 2. The molecule has 2 aromatic rings. The van der Waals surface area contributed by atoms with Crippen LogP contribution >= 0.6 is 11.3 Å². The maximum Gasteiger partial charge on any atom is 0.150 e. The van der Waals surface area contributed by atoms with Crippen molar-refractivity contribution < 1.29 is 9.18 Å². The van der Waals surface area contributed by atoms with Crippen molar-refractivity contribution in [2.75, 3.05) is 0 Å². The summed E-state index contributed by atoms with van der Waals surface area (Å²) in [5, 5.41) is 1.78. The number of hydrogen-bond donors (Lipinski definition) is 0. The van der Waals surface area contributed by atoms with Crippen LogP contribution in [0.3, 0.4) is 0 Å². The summed E-state index contributed by atoms with van der Waals surface area (Å²) in [4.78, 5) is 11.4. The molecule has 70 valence electrons. The summed E-state index contributed by atoms with van der Waals surface area (Å²) in [7, 11) is 0. The van der Waals surface area contributed by atoms with E-state index in [1.54, 1.807) is 23.6 Å². The minimum Gasteiger partial charge on any atom is -0.298 e. The molecule has 0 radical (unpaired) electrons. The summed E-state index contributed by atoms with van der Waals surface area (Å²) in [5.41, 5.74) is 1.60. The van der Waals surface area contributed by atoms with Crippen molar-refractivity contribution in [1.29, 1.82) is 0 Å². The molecular weight excluding hydrogens is 199 g/mol. The Kier molecular flexibility index (Phi) is 2.41. The summed E-state index contributed by atoms with van der Waals surface area (Å²) < 4.78 is 12.6. The van der Waals surface area contributed by atoms with Gasteiger partial charge in [-0.25, -0.2) is 4.39 Å². The van der Waals surface area contributed by atoms with Gasteiger partial charge in [-0.2, -0.15) is 0 Å². The van der Waals surface area contributed by atoms with Gasteiger partial charge in [0.2, 0.25) is 0 Å². The molecule has 0 amide bonds. The van der Waals surface area contributed by atoms with E-state index in [0.717, 1.165) is 16.7 Å². The van der Waals surface area contributed by atoms with Gasteiger partial charge in [-0.1, -0.05) is 12.1 Å². The summed E-state index contributed by atoms with van der Waals surface area (Å²) >= 11 is 1.48. The molecule has 0 aliphatic carbocycles. The van der Waals surface area contributed by atoms with Crippen LogP contribution in [0.25, 0.3) is 10.4 Å². The lowest BCUT2D eigenvalue weighted by Crippen LogP contribution is -1.75. The third-order valence-electron chi connectivity index (χ3n) is 1.88. The lowest BCUT2D eigenvalue weighted by Gasteiger charge is -1.95. The molecule has 1 aromatic heterocycles. The van der Waals surface area contributed by atoms with Gasteiger partial charge in [0.1, 0.15) is 5.82 Å². The predicted octanol–water partition coefficient (Wildman–Crippen LogP) is 3.37. The monoisotopic (exact) mass is 206 g/mol. The Morgan fingerprint density at radius 1 is 1.21 bits per heavy atom. The Morgan fingerprint density at radius 2 is 1.93 bits per heavy atom. The van der Waals surface area contributed by atoms with E-state index in [1.807, 2.05) is 0 Å². The van der Waals surface area contributed by atoms with Crippen molar-refractivity contribution in [1.82, 2.24) is 0 Å². The number of benzene rings is 1. The summed E-state index contributed by atoms with van der Waals surface area (Å²) in [6.07, 6.45) is 0.809. The highest BCUT2D eigenvalue weighted by atomic mass is 32.1. The highest BCUT2D eigenvalue weighted by Gasteiger charge is 2.01. The molecule has 0 aliphatic rings. The van der Waals surface area contributed by atoms with Gasteiger partial charge in [-0.3, -0.25) is 4.79 Å². The molecule has 0 aliphatic heterocycles. The quantitative estimate of drug-likeness (QED) is 0.688. The lowest BCUT2D eigenvalue weighted by atomic mass is 10.2. The number of aldehydes is 1. The second-order valence-corrected chi connectivity index (χ2v) is 3.78. The van der Waals surface area contributed by atoms with E-state index >= 15 is 0 Å². The molecule has 1 heterocycles. The van der Waals surface area contributed by atoms with Gasteiger partial charge in [0, 0.05) is 15.8 Å². The standard InChI is InChI=1S/C11H7FOS/c12-10-3-1-9(2-4-10)11-5-8(6-13)7-14-11/h1-7H. The molecule has 1 aromatic carbocycles. The number of carbonyl (C=O) groups is 1. The van der Waals surface area contributed by atoms with Gasteiger partial charge >= 0.3 is 0 Å². The highest BCUT2D eigenvalue weighted by molar-refractivity contribution is 7.13. The molecule has 0 unspecified atom stereocenters. The van der Waals surface area contributed by atoms with E-state index < -0.39 is 0 Å². The van der Waals surface area contributed by atoms with Gasteiger partial charge in [-0.05, 0) is 23.8 Å². The molecule has 2 rings (SSSR count). The second-order valence-electron chi connectivity index (χ2n) is 2.87. The fourth-order valence-corrected chi connectivity index (χ4v) is 2.04. The van der Waals surface area contributed by atoms with Crippen LogP contribution < -0.4 is 0 Å². The molecular formula is C11H7FOS. The Balaban J connectivity index is 2.39. The van der Waals surface area contributed by atoms with E-state index in [9.17, 15) is 9.18 Å². The first kappa shape index (κ1) is 9.09. The minimum atomic E-state index is -0.249. The number of carbonyl (C=O) groups excluding carboxylic acids is 1. The van der Waals surface area contributed by atoms with Crippen molar-refractivity contribution in [3.8, 4) is 10.4 Å². The number of thiophene rings is 1. The van der Waals surface area contributed by atoms with Gasteiger partial charge in [0.25, 0.3) is 0 Å². The number of hydrogen-bond acceptors (Lipinski definition) is 2. The van der Waals surface area contributed by atoms with E-state index in [2.05, 4.69) is 0 Å². The molecule has 0 fully saturated rings. The molecule has 0 atom stereocenters.